The Kier molecular flexibility index (Phi) is 7.11. The quantitative estimate of drug-likeness (QED) is 0.260. The average molecular weight is 586 g/mol. The summed E-state index contributed by atoms with van der Waals surface area (Å²) in [4.78, 5) is 16.6. The van der Waals surface area contributed by atoms with Crippen LogP contribution in [0.15, 0.2) is 82.6 Å². The summed E-state index contributed by atoms with van der Waals surface area (Å²) >= 11 is 3.25. The van der Waals surface area contributed by atoms with E-state index in [1.165, 1.54) is 10.5 Å². The van der Waals surface area contributed by atoms with E-state index in [0.29, 0.717) is 6.54 Å². The molecule has 0 fully saturated rings. The number of aromatic nitrogens is 2. The molecule has 3 heterocycles. The predicted octanol–water partition coefficient (Wildman–Crippen LogP) is 0.562. The zero-order valence-electron chi connectivity index (χ0n) is 18.7. The molecule has 0 atom stereocenters. The molecule has 1 aliphatic heterocycles. The highest BCUT2D eigenvalue weighted by atomic mass is 127. The van der Waals surface area contributed by atoms with Crippen molar-refractivity contribution in [3.05, 3.63) is 98.0 Å². The second-order valence-corrected chi connectivity index (χ2v) is 9.78. The fourth-order valence-electron chi connectivity index (χ4n) is 3.98. The fraction of sp³-hybridized carbons (Fsp3) is 0.154. The van der Waals surface area contributed by atoms with Gasteiger partial charge in [0.2, 0.25) is 5.69 Å². The number of fused-ring (bicyclic) bond motifs is 1. The smallest absolute Gasteiger partial charge is 0.271 e. The van der Waals surface area contributed by atoms with Gasteiger partial charge in [-0.15, -0.1) is 11.3 Å². The van der Waals surface area contributed by atoms with E-state index < -0.39 is 0 Å². The van der Waals surface area contributed by atoms with Crippen LogP contribution in [-0.2, 0) is 13.6 Å². The Labute approximate surface area is 218 Å². The van der Waals surface area contributed by atoms with E-state index in [0.717, 1.165) is 31.2 Å². The van der Waals surface area contributed by atoms with Crippen LogP contribution < -0.4 is 48.2 Å². The first-order valence-electron chi connectivity index (χ1n) is 10.6. The number of hydrogen-bond donors (Lipinski definition) is 0. The average Bonchev–Trinajstić information content (AvgIpc) is 3.31. The Balaban J connectivity index is 0.00000259. The van der Waals surface area contributed by atoms with Crippen LogP contribution in [0.5, 0.6) is 0 Å². The maximum atomic E-state index is 13.3. The number of hydrogen-bond acceptors (Lipinski definition) is 4. The van der Waals surface area contributed by atoms with E-state index >= 15 is 0 Å². The Morgan fingerprint density at radius 1 is 1.03 bits per heavy atom. The first kappa shape index (κ1) is 23.8. The van der Waals surface area contributed by atoms with Gasteiger partial charge in [0.25, 0.3) is 5.56 Å². The lowest BCUT2D eigenvalue weighted by molar-refractivity contribution is -0.660. The molecule has 168 valence electrons. The molecule has 0 bridgehead atoms. The van der Waals surface area contributed by atoms with Gasteiger partial charge in [0.1, 0.15) is 16.6 Å². The number of pyridine rings is 1. The number of thiazole rings is 1. The van der Waals surface area contributed by atoms with Crippen LogP contribution in [0.1, 0.15) is 12.5 Å². The highest BCUT2D eigenvalue weighted by molar-refractivity contribution is 8.08. The molecule has 2 aromatic carbocycles. The first-order chi connectivity index (χ1) is 15.6. The summed E-state index contributed by atoms with van der Waals surface area (Å²) in [5.41, 5.74) is 4.62. The van der Waals surface area contributed by atoms with Crippen LogP contribution in [0.25, 0.3) is 22.4 Å². The van der Waals surface area contributed by atoms with Gasteiger partial charge in [-0.2, -0.15) is 0 Å². The van der Waals surface area contributed by atoms with Crippen molar-refractivity contribution in [1.29, 1.82) is 0 Å². The topological polar surface area (TPSA) is 29.1 Å². The lowest BCUT2D eigenvalue weighted by Gasteiger charge is -2.11. The van der Waals surface area contributed by atoms with Gasteiger partial charge in [-0.1, -0.05) is 42.1 Å². The highest BCUT2D eigenvalue weighted by Gasteiger charge is 2.24. The van der Waals surface area contributed by atoms with Gasteiger partial charge >= 0.3 is 0 Å². The third-order valence-electron chi connectivity index (χ3n) is 5.69. The monoisotopic (exact) mass is 585 g/mol. The number of benzene rings is 2. The normalized spacial score (nSPS) is 14.9. The number of thioether (sulfide) groups is 1. The molecule has 0 saturated carbocycles. The van der Waals surface area contributed by atoms with Crippen LogP contribution in [-0.4, -0.2) is 11.6 Å². The van der Waals surface area contributed by atoms with Crippen LogP contribution in [0.2, 0.25) is 0 Å². The van der Waals surface area contributed by atoms with Crippen molar-refractivity contribution in [3.8, 4) is 11.3 Å². The summed E-state index contributed by atoms with van der Waals surface area (Å²) < 4.78 is 5.76. The number of anilines is 1. The first-order valence-corrected chi connectivity index (χ1v) is 12.2. The Morgan fingerprint density at radius 3 is 2.48 bits per heavy atom. The molecule has 0 aliphatic carbocycles. The molecule has 5 rings (SSSR count). The molecule has 4 nitrogen and oxygen atoms in total. The number of para-hydroxylation sites is 1. The maximum Gasteiger partial charge on any atom is 0.271 e. The zero-order chi connectivity index (χ0) is 22.2. The van der Waals surface area contributed by atoms with Crippen molar-refractivity contribution in [1.82, 2.24) is 4.57 Å². The Hall–Kier alpha value is -2.36. The largest absolute Gasteiger partial charge is 1.00 e. The van der Waals surface area contributed by atoms with Crippen molar-refractivity contribution < 1.29 is 28.5 Å². The van der Waals surface area contributed by atoms with E-state index in [1.54, 1.807) is 23.1 Å². The van der Waals surface area contributed by atoms with Crippen molar-refractivity contribution in [2.45, 2.75) is 18.4 Å². The lowest BCUT2D eigenvalue weighted by Crippen LogP contribution is -3.00. The summed E-state index contributed by atoms with van der Waals surface area (Å²) in [7, 11) is 4.09. The van der Waals surface area contributed by atoms with Crippen molar-refractivity contribution in [3.63, 3.8) is 0 Å². The van der Waals surface area contributed by atoms with Gasteiger partial charge in [-0.05, 0) is 42.8 Å². The SMILES string of the molecule is CCn1c(=O)/c(=C2\Sc3ccccc3N2C)s/c1=C/c1cc[n+](C)c(-c2ccccc2)c1.[I-]. The number of nitrogens with zero attached hydrogens (tertiary/aromatic N) is 3. The molecular formula is C26H24IN3OS2. The molecule has 1 aliphatic rings. The van der Waals surface area contributed by atoms with E-state index in [4.69, 9.17) is 0 Å². The third-order valence-corrected chi connectivity index (χ3v) is 8.18. The maximum absolute atomic E-state index is 13.3. The molecule has 2 aromatic heterocycles. The molecular weight excluding hydrogens is 561 g/mol. The summed E-state index contributed by atoms with van der Waals surface area (Å²) in [6, 6.07) is 22.9. The molecule has 0 N–H and O–H groups in total. The minimum Gasteiger partial charge on any atom is -1.00 e. The van der Waals surface area contributed by atoms with Gasteiger partial charge < -0.3 is 28.9 Å². The summed E-state index contributed by atoms with van der Waals surface area (Å²) in [5, 5.41) is 1.01. The minimum absolute atomic E-state index is 0. The second kappa shape index (κ2) is 9.87. The molecule has 0 unspecified atom stereocenters. The van der Waals surface area contributed by atoms with E-state index in [-0.39, 0.29) is 29.5 Å². The molecule has 33 heavy (non-hydrogen) atoms. The van der Waals surface area contributed by atoms with Crippen molar-refractivity contribution in [2.24, 2.45) is 7.05 Å². The predicted molar refractivity (Wildman–Crippen MR) is 134 cm³/mol. The van der Waals surface area contributed by atoms with Crippen LogP contribution in [0.4, 0.5) is 5.69 Å². The number of halogens is 1. The Bertz CT molecular complexity index is 1490. The third kappa shape index (κ3) is 4.41. The van der Waals surface area contributed by atoms with Crippen molar-refractivity contribution in [2.75, 3.05) is 11.9 Å². The van der Waals surface area contributed by atoms with E-state index in [1.807, 2.05) is 36.7 Å². The van der Waals surface area contributed by atoms with E-state index in [9.17, 15) is 4.79 Å². The molecule has 0 spiro atoms. The molecule has 0 saturated heterocycles. The molecule has 4 aromatic rings. The number of rotatable bonds is 3. The van der Waals surface area contributed by atoms with Crippen LogP contribution in [0.3, 0.4) is 0 Å². The zero-order valence-corrected chi connectivity index (χ0v) is 22.4. The standard InChI is InChI=1S/C26H24N3OS2.HI/c1-4-29-23(17-18-14-15-27(2)21(16-18)19-10-6-5-7-11-19)32-24(25(29)30)26-28(3)20-12-8-9-13-22(20)31-26;/h5-17H,4H2,1-3H3;1H/q+1;/p-1/b26-24+;. The lowest BCUT2D eigenvalue weighted by atomic mass is 10.1. The van der Waals surface area contributed by atoms with Crippen LogP contribution in [0, 0.1) is 0 Å². The van der Waals surface area contributed by atoms with E-state index in [2.05, 4.69) is 77.3 Å². The molecule has 7 heteroatoms. The van der Waals surface area contributed by atoms with Crippen molar-refractivity contribution >= 4 is 39.9 Å². The van der Waals surface area contributed by atoms with Gasteiger partial charge in [0.15, 0.2) is 6.20 Å². The van der Waals surface area contributed by atoms with Gasteiger partial charge in [0.05, 0.1) is 10.4 Å². The fourth-order valence-corrected chi connectivity index (χ4v) is 6.46. The molecule has 0 radical (unpaired) electrons. The summed E-state index contributed by atoms with van der Waals surface area (Å²) in [6.45, 7) is 2.67. The Morgan fingerprint density at radius 2 is 1.76 bits per heavy atom. The van der Waals surface area contributed by atoms with Gasteiger partial charge in [-0.3, -0.25) is 9.36 Å². The number of aryl methyl sites for hydroxylation is 1. The minimum atomic E-state index is 0. The highest BCUT2D eigenvalue weighted by Crippen LogP contribution is 2.44. The molecule has 0 amide bonds. The van der Waals surface area contributed by atoms with Crippen LogP contribution >= 0.6 is 23.1 Å². The van der Waals surface area contributed by atoms with Gasteiger partial charge in [0, 0.05) is 36.2 Å². The second-order valence-electron chi connectivity index (χ2n) is 7.72. The summed E-state index contributed by atoms with van der Waals surface area (Å²) in [6.07, 6.45) is 4.20. The summed E-state index contributed by atoms with van der Waals surface area (Å²) in [5.74, 6) is 0. The van der Waals surface area contributed by atoms with Gasteiger partial charge in [-0.25, -0.2) is 4.57 Å².